The minimum atomic E-state index is -1.92. The van der Waals surface area contributed by atoms with Crippen molar-refractivity contribution < 1.29 is 14.3 Å². The lowest BCUT2D eigenvalue weighted by Gasteiger charge is -2.50. The summed E-state index contributed by atoms with van der Waals surface area (Å²) in [6.07, 6.45) is -0.164. The highest BCUT2D eigenvalue weighted by molar-refractivity contribution is 6.71. The predicted octanol–water partition coefficient (Wildman–Crippen LogP) is 4.11. The highest BCUT2D eigenvalue weighted by Crippen LogP contribution is 2.49. The first-order chi connectivity index (χ1) is 8.38. The molecule has 0 saturated carbocycles. The number of nitrogens with zero attached hydrogens (tertiary/aromatic N) is 1. The monoisotopic (exact) mass is 347 g/mol. The zero-order valence-corrected chi connectivity index (χ0v) is 14.8. The van der Waals surface area contributed by atoms with E-state index in [2.05, 4.69) is 0 Å². The van der Waals surface area contributed by atoms with Crippen LogP contribution in [0.2, 0.25) is 19.6 Å². The molecule has 0 radical (unpaired) electrons. The van der Waals surface area contributed by atoms with Crippen LogP contribution in [0.25, 0.3) is 0 Å². The SMILES string of the molecule is C[C@H]1C[C@](O[Si](C)(C)C)(C(Cl)(Cl)Cl)CCN1C(=O)O. The number of amides is 1. The zero-order valence-electron chi connectivity index (χ0n) is 11.5. The standard InChI is InChI=1S/C11H20Cl3NO3Si/c1-8-7-10(11(12,13)14,18-19(2,3)4)5-6-15(8)9(16)17/h8H,5-7H2,1-4H3,(H,16,17)/t8-,10-/m0/s1. The number of hydrogen-bond acceptors (Lipinski definition) is 2. The minimum Gasteiger partial charge on any atom is -0.465 e. The van der Waals surface area contributed by atoms with Crippen molar-refractivity contribution in [2.45, 2.75) is 54.8 Å². The van der Waals surface area contributed by atoms with Crippen molar-refractivity contribution in [1.82, 2.24) is 4.90 Å². The molecule has 1 aliphatic heterocycles. The molecule has 8 heteroatoms. The Balaban J connectivity index is 3.00. The molecule has 4 nitrogen and oxygen atoms in total. The van der Waals surface area contributed by atoms with Gasteiger partial charge in [-0.15, -0.1) is 0 Å². The molecule has 1 amide bonds. The summed E-state index contributed by atoms with van der Waals surface area (Å²) in [4.78, 5) is 12.5. The molecule has 1 saturated heterocycles. The summed E-state index contributed by atoms with van der Waals surface area (Å²) in [7, 11) is -1.92. The Morgan fingerprint density at radius 3 is 2.26 bits per heavy atom. The first kappa shape index (κ1) is 17.4. The van der Waals surface area contributed by atoms with Crippen molar-refractivity contribution in [2.75, 3.05) is 6.54 Å². The van der Waals surface area contributed by atoms with Gasteiger partial charge in [0.05, 0.1) is 0 Å². The van der Waals surface area contributed by atoms with Crippen LogP contribution in [0.3, 0.4) is 0 Å². The first-order valence-electron chi connectivity index (χ1n) is 6.14. The second-order valence-corrected chi connectivity index (χ2v) is 12.7. The summed E-state index contributed by atoms with van der Waals surface area (Å²) in [5.74, 6) is 0. The Morgan fingerprint density at radius 2 is 1.95 bits per heavy atom. The van der Waals surface area contributed by atoms with Crippen LogP contribution in [0.4, 0.5) is 4.79 Å². The summed E-state index contributed by atoms with van der Waals surface area (Å²) in [6, 6.07) is -0.238. The number of piperidine rings is 1. The van der Waals surface area contributed by atoms with Crippen LogP contribution >= 0.6 is 34.8 Å². The van der Waals surface area contributed by atoms with Crippen LogP contribution < -0.4 is 0 Å². The maximum Gasteiger partial charge on any atom is 0.407 e. The molecule has 1 N–H and O–H groups in total. The minimum absolute atomic E-state index is 0.238. The second kappa shape index (κ2) is 5.60. The van der Waals surface area contributed by atoms with Crippen LogP contribution in [-0.2, 0) is 4.43 Å². The molecule has 19 heavy (non-hydrogen) atoms. The molecule has 0 aliphatic carbocycles. The Bertz CT molecular complexity index is 356. The van der Waals surface area contributed by atoms with Gasteiger partial charge in [0.1, 0.15) is 5.60 Å². The molecule has 0 spiro atoms. The molecule has 1 heterocycles. The van der Waals surface area contributed by atoms with E-state index >= 15 is 0 Å². The molecule has 0 aromatic heterocycles. The van der Waals surface area contributed by atoms with Gasteiger partial charge in [-0.05, 0) is 39.4 Å². The first-order valence-corrected chi connectivity index (χ1v) is 10.7. The molecule has 1 aliphatic rings. The lowest BCUT2D eigenvalue weighted by atomic mass is 9.88. The Labute approximate surface area is 130 Å². The van der Waals surface area contributed by atoms with Gasteiger partial charge in [0.15, 0.2) is 8.32 Å². The summed E-state index contributed by atoms with van der Waals surface area (Å²) in [5, 5.41) is 9.11. The molecular weight excluding hydrogens is 329 g/mol. The number of likely N-dealkylation sites (tertiary alicyclic amines) is 1. The highest BCUT2D eigenvalue weighted by atomic mass is 35.6. The van der Waals surface area contributed by atoms with Gasteiger partial charge in [0, 0.05) is 12.6 Å². The largest absolute Gasteiger partial charge is 0.465 e. The number of hydrogen-bond donors (Lipinski definition) is 1. The van der Waals surface area contributed by atoms with E-state index in [1.165, 1.54) is 4.90 Å². The lowest BCUT2D eigenvalue weighted by Crippen LogP contribution is -2.60. The van der Waals surface area contributed by atoms with E-state index in [0.717, 1.165) is 0 Å². The quantitative estimate of drug-likeness (QED) is 0.603. The molecule has 1 fully saturated rings. The third-order valence-electron chi connectivity index (χ3n) is 3.18. The average molecular weight is 349 g/mol. The van der Waals surface area contributed by atoms with E-state index in [9.17, 15) is 4.79 Å². The zero-order chi connectivity index (χ0) is 15.1. The third-order valence-corrected chi connectivity index (χ3v) is 5.21. The highest BCUT2D eigenvalue weighted by Gasteiger charge is 2.55. The van der Waals surface area contributed by atoms with Crippen molar-refractivity contribution in [3.05, 3.63) is 0 Å². The van der Waals surface area contributed by atoms with Crippen molar-refractivity contribution in [2.24, 2.45) is 0 Å². The van der Waals surface area contributed by atoms with Crippen molar-refractivity contribution >= 4 is 49.2 Å². The average Bonchev–Trinajstić information content (AvgIpc) is 2.11. The van der Waals surface area contributed by atoms with Gasteiger partial charge in [-0.3, -0.25) is 0 Å². The molecule has 0 unspecified atom stereocenters. The number of rotatable bonds is 2. The van der Waals surface area contributed by atoms with Crippen molar-refractivity contribution in [3.63, 3.8) is 0 Å². The summed E-state index contributed by atoms with van der Waals surface area (Å²) in [6.45, 7) is 8.21. The van der Waals surface area contributed by atoms with Crippen LogP contribution in [-0.4, -0.2) is 46.4 Å². The summed E-state index contributed by atoms with van der Waals surface area (Å²) < 4.78 is 4.59. The summed E-state index contributed by atoms with van der Waals surface area (Å²) in [5.41, 5.74) is -0.909. The van der Waals surface area contributed by atoms with Crippen molar-refractivity contribution in [1.29, 1.82) is 0 Å². The molecule has 0 bridgehead atoms. The van der Waals surface area contributed by atoms with Gasteiger partial charge < -0.3 is 14.4 Å². The van der Waals surface area contributed by atoms with E-state index in [1.807, 2.05) is 26.6 Å². The van der Waals surface area contributed by atoms with Gasteiger partial charge >= 0.3 is 6.09 Å². The maximum atomic E-state index is 11.1. The van der Waals surface area contributed by atoms with Crippen LogP contribution in [0.1, 0.15) is 19.8 Å². The van der Waals surface area contributed by atoms with E-state index in [-0.39, 0.29) is 6.04 Å². The van der Waals surface area contributed by atoms with E-state index < -0.39 is 23.8 Å². The fourth-order valence-electron chi connectivity index (χ4n) is 2.49. The smallest absolute Gasteiger partial charge is 0.407 e. The molecule has 2 atom stereocenters. The molecule has 0 aromatic carbocycles. The normalized spacial score (nSPS) is 29.4. The van der Waals surface area contributed by atoms with Gasteiger partial charge in [-0.25, -0.2) is 4.79 Å². The van der Waals surface area contributed by atoms with Crippen molar-refractivity contribution in [3.8, 4) is 0 Å². The predicted molar refractivity (Wildman–Crippen MR) is 80.9 cm³/mol. The van der Waals surface area contributed by atoms with Gasteiger partial charge in [-0.1, -0.05) is 34.8 Å². The van der Waals surface area contributed by atoms with Gasteiger partial charge in [0.2, 0.25) is 3.79 Å². The Morgan fingerprint density at radius 1 is 1.42 bits per heavy atom. The topological polar surface area (TPSA) is 49.8 Å². The molecule has 112 valence electrons. The van der Waals surface area contributed by atoms with Gasteiger partial charge in [0.25, 0.3) is 0 Å². The van der Waals surface area contributed by atoms with E-state index in [0.29, 0.717) is 19.4 Å². The second-order valence-electron chi connectivity index (χ2n) is 5.99. The number of alkyl halides is 3. The molecular formula is C11H20Cl3NO3Si. The number of halogens is 3. The maximum absolute atomic E-state index is 11.1. The Hall–Kier alpha value is 0.317. The van der Waals surface area contributed by atoms with E-state index in [4.69, 9.17) is 44.3 Å². The third kappa shape index (κ3) is 4.14. The van der Waals surface area contributed by atoms with Crippen LogP contribution in [0.5, 0.6) is 0 Å². The van der Waals surface area contributed by atoms with Crippen LogP contribution in [0.15, 0.2) is 0 Å². The van der Waals surface area contributed by atoms with Crippen LogP contribution in [0, 0.1) is 0 Å². The Kier molecular flexibility index (Phi) is 5.12. The summed E-state index contributed by atoms with van der Waals surface area (Å²) >= 11 is 18.4. The fourth-order valence-corrected chi connectivity index (χ4v) is 4.82. The lowest BCUT2D eigenvalue weighted by molar-refractivity contribution is -0.0195. The number of carbonyl (C=O) groups is 1. The number of carboxylic acid groups (broad SMARTS) is 1. The fraction of sp³-hybridized carbons (Fsp3) is 0.909. The van der Waals surface area contributed by atoms with E-state index in [1.54, 1.807) is 0 Å². The molecule has 1 rings (SSSR count). The van der Waals surface area contributed by atoms with Gasteiger partial charge in [-0.2, -0.15) is 0 Å². The molecule has 0 aromatic rings.